The van der Waals surface area contributed by atoms with E-state index in [1.54, 1.807) is 6.26 Å². The molecule has 0 N–H and O–H groups in total. The fraction of sp³-hybridized carbons (Fsp3) is 0. The first-order valence-corrected chi connectivity index (χ1v) is 13.5. The average molecular weight is 571 g/mol. The Labute approximate surface area is 234 Å². The van der Waals surface area contributed by atoms with Crippen molar-refractivity contribution in [3.63, 3.8) is 0 Å². The van der Waals surface area contributed by atoms with Crippen LogP contribution in [0.4, 0.5) is 34.1 Å². The van der Waals surface area contributed by atoms with Gasteiger partial charge in [0.05, 0.1) is 16.8 Å². The number of rotatable bonds is 6. The fourth-order valence-corrected chi connectivity index (χ4v) is 5.56. The summed E-state index contributed by atoms with van der Waals surface area (Å²) >= 11 is 3.78. The average Bonchev–Trinajstić information content (AvgIpc) is 3.56. The molecule has 7 aromatic rings. The van der Waals surface area contributed by atoms with Gasteiger partial charge in [-0.2, -0.15) is 0 Å². The van der Waals surface area contributed by atoms with Gasteiger partial charge >= 0.3 is 0 Å². The van der Waals surface area contributed by atoms with Gasteiger partial charge in [-0.05, 0) is 76.6 Å². The van der Waals surface area contributed by atoms with Crippen molar-refractivity contribution in [2.75, 3.05) is 9.80 Å². The Hall–Kier alpha value is -4.74. The summed E-state index contributed by atoms with van der Waals surface area (Å²) in [5.41, 5.74) is 6.90. The Morgan fingerprint density at radius 2 is 1.08 bits per heavy atom. The second-order valence-corrected chi connectivity index (χ2v) is 10.0. The van der Waals surface area contributed by atoms with Crippen LogP contribution in [-0.4, -0.2) is 0 Å². The third kappa shape index (κ3) is 4.17. The number of anilines is 6. The Balaban J connectivity index is 1.44. The van der Waals surface area contributed by atoms with Crippen molar-refractivity contribution in [2.24, 2.45) is 0 Å². The summed E-state index contributed by atoms with van der Waals surface area (Å²) in [5.74, 6) is 0.516. The van der Waals surface area contributed by atoms with Gasteiger partial charge in [0.15, 0.2) is 0 Å². The Kier molecular flexibility index (Phi) is 5.91. The van der Waals surface area contributed by atoms with Crippen molar-refractivity contribution in [2.45, 2.75) is 0 Å². The summed E-state index contributed by atoms with van der Waals surface area (Å²) in [5, 5.41) is 1.97. The van der Waals surface area contributed by atoms with Crippen LogP contribution in [0.5, 0.6) is 0 Å². The third-order valence-electron chi connectivity index (χ3n) is 6.81. The largest absolute Gasteiger partial charge is 0.431 e. The summed E-state index contributed by atoms with van der Waals surface area (Å²) in [6.07, 6.45) is 1.78. The molecule has 0 aliphatic carbocycles. The molecule has 0 unspecified atom stereocenters. The fourth-order valence-electron chi connectivity index (χ4n) is 5.09. The van der Waals surface area contributed by atoms with E-state index in [-0.39, 0.29) is 0 Å². The minimum absolute atomic E-state index is 0.516. The molecule has 0 amide bonds. The van der Waals surface area contributed by atoms with Crippen LogP contribution >= 0.6 is 15.9 Å². The molecular formula is C34H23BrN2O2. The third-order valence-corrected chi connectivity index (χ3v) is 7.48. The highest BCUT2D eigenvalue weighted by Crippen LogP contribution is 2.46. The molecule has 0 aliphatic rings. The van der Waals surface area contributed by atoms with E-state index in [0.29, 0.717) is 5.78 Å². The predicted molar refractivity (Wildman–Crippen MR) is 163 cm³/mol. The number of hydrogen-bond donors (Lipinski definition) is 0. The van der Waals surface area contributed by atoms with Crippen molar-refractivity contribution in [1.29, 1.82) is 0 Å². The van der Waals surface area contributed by atoms with E-state index in [9.17, 15) is 0 Å². The first-order chi connectivity index (χ1) is 19.3. The molecule has 0 spiro atoms. The highest BCUT2D eigenvalue weighted by atomic mass is 79.9. The molecule has 0 aliphatic heterocycles. The summed E-state index contributed by atoms with van der Waals surface area (Å²) in [7, 11) is 0. The monoisotopic (exact) mass is 570 g/mol. The Bertz CT molecular complexity index is 1890. The maximum Gasteiger partial charge on any atom is 0.300 e. The molecule has 0 saturated heterocycles. The second-order valence-electron chi connectivity index (χ2n) is 9.19. The smallest absolute Gasteiger partial charge is 0.300 e. The highest BCUT2D eigenvalue weighted by molar-refractivity contribution is 9.10. The molecule has 188 valence electrons. The van der Waals surface area contributed by atoms with Gasteiger partial charge in [-0.1, -0.05) is 72.8 Å². The highest BCUT2D eigenvalue weighted by Gasteiger charge is 2.23. The van der Waals surface area contributed by atoms with E-state index in [0.717, 1.165) is 55.0 Å². The molecule has 4 nitrogen and oxygen atoms in total. The number of furan rings is 2. The number of hydrogen-bond acceptors (Lipinski definition) is 4. The number of halogens is 1. The van der Waals surface area contributed by atoms with Crippen molar-refractivity contribution >= 4 is 72.2 Å². The zero-order valence-electron chi connectivity index (χ0n) is 20.9. The molecule has 5 heteroatoms. The molecule has 7 rings (SSSR count). The molecule has 0 bridgehead atoms. The van der Waals surface area contributed by atoms with Crippen LogP contribution in [0, 0.1) is 0 Å². The van der Waals surface area contributed by atoms with Crippen LogP contribution in [0.15, 0.2) is 153 Å². The van der Waals surface area contributed by atoms with Crippen molar-refractivity contribution < 1.29 is 8.83 Å². The van der Waals surface area contributed by atoms with E-state index in [2.05, 4.69) is 111 Å². The number of benzene rings is 5. The SMILES string of the molecule is Brc1ccccc1N(c1ccccc1)c1cccc(N(c2ccccc2)c2coc3oc4ccccc4c23)c1. The Morgan fingerprint density at radius 1 is 0.513 bits per heavy atom. The first-order valence-electron chi connectivity index (χ1n) is 12.7. The summed E-state index contributed by atoms with van der Waals surface area (Å²) in [4.78, 5) is 4.48. The normalized spacial score (nSPS) is 11.2. The van der Waals surface area contributed by atoms with Gasteiger partial charge in [-0.3, -0.25) is 0 Å². The lowest BCUT2D eigenvalue weighted by Gasteiger charge is -2.29. The second kappa shape index (κ2) is 9.86. The lowest BCUT2D eigenvalue weighted by molar-refractivity contribution is 0.499. The van der Waals surface area contributed by atoms with Gasteiger partial charge in [-0.25, -0.2) is 0 Å². The molecule has 2 aromatic heterocycles. The van der Waals surface area contributed by atoms with Crippen LogP contribution in [0.3, 0.4) is 0 Å². The summed E-state index contributed by atoms with van der Waals surface area (Å²) in [6, 6.07) is 45.6. The lowest BCUT2D eigenvalue weighted by Crippen LogP contribution is -2.13. The van der Waals surface area contributed by atoms with Crippen molar-refractivity contribution in [3.8, 4) is 0 Å². The summed E-state index contributed by atoms with van der Waals surface area (Å²) in [6.45, 7) is 0. The maximum atomic E-state index is 6.04. The molecular weight excluding hydrogens is 548 g/mol. The van der Waals surface area contributed by atoms with Crippen LogP contribution in [0.2, 0.25) is 0 Å². The topological polar surface area (TPSA) is 32.8 Å². The zero-order valence-corrected chi connectivity index (χ0v) is 22.5. The first kappa shape index (κ1) is 23.4. The quantitative estimate of drug-likeness (QED) is 0.199. The molecule has 0 saturated carbocycles. The number of fused-ring (bicyclic) bond motifs is 3. The van der Waals surface area contributed by atoms with Crippen molar-refractivity contribution in [3.05, 3.63) is 144 Å². The van der Waals surface area contributed by atoms with Gasteiger partial charge in [0.2, 0.25) is 0 Å². The Morgan fingerprint density at radius 3 is 1.77 bits per heavy atom. The van der Waals surface area contributed by atoms with Crippen LogP contribution in [-0.2, 0) is 0 Å². The minimum atomic E-state index is 0.516. The van der Waals surface area contributed by atoms with Gasteiger partial charge < -0.3 is 18.6 Å². The lowest BCUT2D eigenvalue weighted by atomic mass is 10.1. The summed E-state index contributed by atoms with van der Waals surface area (Å²) < 4.78 is 13.0. The molecule has 0 radical (unpaired) electrons. The van der Waals surface area contributed by atoms with Crippen LogP contribution in [0.25, 0.3) is 22.1 Å². The molecule has 2 heterocycles. The van der Waals surface area contributed by atoms with Gasteiger partial charge in [-0.15, -0.1) is 0 Å². The van der Waals surface area contributed by atoms with E-state index < -0.39 is 0 Å². The van der Waals surface area contributed by atoms with Gasteiger partial charge in [0, 0.05) is 32.6 Å². The number of nitrogens with zero attached hydrogens (tertiary/aromatic N) is 2. The number of para-hydroxylation sites is 4. The van der Waals surface area contributed by atoms with E-state index >= 15 is 0 Å². The zero-order chi connectivity index (χ0) is 26.2. The molecule has 39 heavy (non-hydrogen) atoms. The van der Waals surface area contributed by atoms with E-state index in [1.165, 1.54) is 0 Å². The molecule has 5 aromatic carbocycles. The molecule has 0 fully saturated rings. The molecule has 0 atom stereocenters. The standard InChI is InChI=1S/C34H23BrN2O2/c35-29-19-8-9-20-30(29)36(24-12-3-1-4-13-24)26-16-11-17-27(22-26)37(25-14-5-2-6-15-25)31-23-38-34-33(31)28-18-7-10-21-32(28)39-34/h1-23H. The van der Waals surface area contributed by atoms with Gasteiger partial charge in [0.25, 0.3) is 5.78 Å². The predicted octanol–water partition coefficient (Wildman–Crippen LogP) is 10.9. The van der Waals surface area contributed by atoms with E-state index in [1.807, 2.05) is 48.5 Å². The van der Waals surface area contributed by atoms with Crippen molar-refractivity contribution in [1.82, 2.24) is 0 Å². The van der Waals surface area contributed by atoms with E-state index in [4.69, 9.17) is 8.83 Å². The van der Waals surface area contributed by atoms with Gasteiger partial charge in [0.1, 0.15) is 11.8 Å². The van der Waals surface area contributed by atoms with Crippen LogP contribution < -0.4 is 9.80 Å². The minimum Gasteiger partial charge on any atom is -0.431 e. The maximum absolute atomic E-state index is 6.04. The van der Waals surface area contributed by atoms with Crippen LogP contribution in [0.1, 0.15) is 0 Å².